The first-order valence-electron chi connectivity index (χ1n) is 7.90. The van der Waals surface area contributed by atoms with Gasteiger partial charge in [-0.05, 0) is 38.5 Å². The number of amidine groups is 1. The highest BCUT2D eigenvalue weighted by Gasteiger charge is 2.37. The third kappa shape index (κ3) is 3.87. The summed E-state index contributed by atoms with van der Waals surface area (Å²) < 4.78 is 10.8. The lowest BCUT2D eigenvalue weighted by molar-refractivity contribution is -0.0586. The molecule has 1 amide bonds. The number of thioether (sulfide) groups is 1. The Balaban J connectivity index is 1.84. The molecule has 2 aliphatic rings. The summed E-state index contributed by atoms with van der Waals surface area (Å²) in [5, 5.41) is 1.22. The zero-order valence-corrected chi connectivity index (χ0v) is 15.6. The summed E-state index contributed by atoms with van der Waals surface area (Å²) in [7, 11) is 1.53. The molecule has 1 atom stereocenters. The van der Waals surface area contributed by atoms with Crippen LogP contribution >= 0.6 is 23.4 Å². The van der Waals surface area contributed by atoms with Crippen LogP contribution in [0.1, 0.15) is 30.6 Å². The molecule has 130 valence electrons. The van der Waals surface area contributed by atoms with E-state index in [-0.39, 0.29) is 16.8 Å². The molecule has 2 aliphatic heterocycles. The lowest BCUT2D eigenvalue weighted by Gasteiger charge is -2.31. The molecule has 0 N–H and O–H groups in total. The van der Waals surface area contributed by atoms with Crippen LogP contribution in [0.2, 0.25) is 5.02 Å². The van der Waals surface area contributed by atoms with Crippen LogP contribution in [0.4, 0.5) is 0 Å². The monoisotopic (exact) mass is 368 g/mol. The minimum absolute atomic E-state index is 0.0152. The Bertz CT molecular complexity index is 674. The number of hydrogen-bond acceptors (Lipinski definition) is 4. The first-order valence-corrected chi connectivity index (χ1v) is 9.09. The maximum Gasteiger partial charge on any atom is 0.283 e. The van der Waals surface area contributed by atoms with E-state index in [2.05, 4.69) is 23.7 Å². The number of carbonyl (C=O) groups is 1. The van der Waals surface area contributed by atoms with Gasteiger partial charge in [-0.2, -0.15) is 4.99 Å². The predicted octanol–water partition coefficient (Wildman–Crippen LogP) is 3.46. The molecule has 0 radical (unpaired) electrons. The largest absolute Gasteiger partial charge is 0.496 e. The van der Waals surface area contributed by atoms with Crippen molar-refractivity contribution in [3.05, 3.63) is 28.8 Å². The van der Waals surface area contributed by atoms with Gasteiger partial charge in [-0.3, -0.25) is 4.79 Å². The molecular formula is C17H21ClN2O3S. The molecule has 0 aliphatic carbocycles. The van der Waals surface area contributed by atoms with Gasteiger partial charge in [-0.25, -0.2) is 0 Å². The fourth-order valence-electron chi connectivity index (χ4n) is 2.78. The average molecular weight is 369 g/mol. The number of aliphatic imine (C=N–C) groups is 1. The normalized spacial score (nSPS) is 24.1. The minimum atomic E-state index is -0.339. The van der Waals surface area contributed by atoms with Crippen molar-refractivity contribution >= 4 is 34.4 Å². The molecular weight excluding hydrogens is 348 g/mol. The Morgan fingerprint density at radius 1 is 1.54 bits per heavy atom. The molecule has 24 heavy (non-hydrogen) atoms. The number of nitrogens with zero attached hydrogens (tertiary/aromatic N) is 2. The molecule has 7 heteroatoms. The van der Waals surface area contributed by atoms with Gasteiger partial charge in [-0.15, -0.1) is 0 Å². The van der Waals surface area contributed by atoms with Crippen molar-refractivity contribution in [2.45, 2.75) is 31.1 Å². The van der Waals surface area contributed by atoms with E-state index in [4.69, 9.17) is 21.1 Å². The lowest BCUT2D eigenvalue weighted by atomic mass is 10.1. The molecule has 0 spiro atoms. The fourth-order valence-corrected chi connectivity index (χ4v) is 4.06. The van der Waals surface area contributed by atoms with Gasteiger partial charge in [-0.1, -0.05) is 23.4 Å². The molecule has 0 saturated carbocycles. The van der Waals surface area contributed by atoms with E-state index in [0.29, 0.717) is 16.3 Å². The van der Waals surface area contributed by atoms with Crippen molar-refractivity contribution in [2.75, 3.05) is 26.8 Å². The first-order chi connectivity index (χ1) is 11.4. The molecule has 0 bridgehead atoms. The van der Waals surface area contributed by atoms with E-state index in [1.165, 1.54) is 7.11 Å². The van der Waals surface area contributed by atoms with Crippen LogP contribution in [-0.2, 0) is 4.74 Å². The number of carbonyl (C=O) groups excluding carboxylic acids is 1. The van der Waals surface area contributed by atoms with E-state index < -0.39 is 0 Å². The van der Waals surface area contributed by atoms with Crippen molar-refractivity contribution in [3.8, 4) is 5.75 Å². The summed E-state index contributed by atoms with van der Waals surface area (Å²) in [6.45, 7) is 6.74. The number of amides is 1. The molecule has 2 saturated heterocycles. The van der Waals surface area contributed by atoms with E-state index in [1.807, 2.05) is 0 Å². The van der Waals surface area contributed by atoms with Gasteiger partial charge < -0.3 is 14.4 Å². The molecule has 1 unspecified atom stereocenters. The summed E-state index contributed by atoms with van der Waals surface area (Å²) >= 11 is 7.63. The highest BCUT2D eigenvalue weighted by Crippen LogP contribution is 2.36. The van der Waals surface area contributed by atoms with E-state index >= 15 is 0 Å². The molecule has 0 aromatic heterocycles. The summed E-state index contributed by atoms with van der Waals surface area (Å²) in [4.78, 5) is 19.2. The second-order valence-corrected chi connectivity index (χ2v) is 8.68. The van der Waals surface area contributed by atoms with Crippen LogP contribution in [0, 0.1) is 0 Å². The van der Waals surface area contributed by atoms with Crippen LogP contribution in [0.15, 0.2) is 23.2 Å². The predicted molar refractivity (Wildman–Crippen MR) is 97.4 cm³/mol. The van der Waals surface area contributed by atoms with Gasteiger partial charge >= 0.3 is 0 Å². The maximum absolute atomic E-state index is 12.7. The minimum Gasteiger partial charge on any atom is -0.496 e. The maximum atomic E-state index is 12.7. The lowest BCUT2D eigenvalue weighted by Crippen LogP contribution is -2.41. The molecule has 2 fully saturated rings. The van der Waals surface area contributed by atoms with Crippen LogP contribution in [0.3, 0.4) is 0 Å². The third-order valence-corrected chi connectivity index (χ3v) is 5.47. The van der Waals surface area contributed by atoms with Gasteiger partial charge in [0.25, 0.3) is 5.91 Å². The zero-order chi connectivity index (χ0) is 17.3. The SMILES string of the molecule is COc1ccc(Cl)cc1C(=O)/N=C1\SC(C)(C)CN1CC1CCO1. The van der Waals surface area contributed by atoms with Crippen molar-refractivity contribution in [3.63, 3.8) is 0 Å². The van der Waals surface area contributed by atoms with E-state index in [0.717, 1.165) is 31.3 Å². The number of benzene rings is 1. The van der Waals surface area contributed by atoms with Gasteiger partial charge in [0, 0.05) is 29.5 Å². The molecule has 1 aromatic carbocycles. The van der Waals surface area contributed by atoms with Gasteiger partial charge in [0.15, 0.2) is 5.17 Å². The molecule has 3 rings (SSSR count). The molecule has 1 aromatic rings. The van der Waals surface area contributed by atoms with Crippen LogP contribution in [0.5, 0.6) is 5.75 Å². The van der Waals surface area contributed by atoms with Crippen LogP contribution in [-0.4, -0.2) is 53.6 Å². The summed E-state index contributed by atoms with van der Waals surface area (Å²) in [5.41, 5.74) is 0.377. The number of hydrogen-bond donors (Lipinski definition) is 0. The zero-order valence-electron chi connectivity index (χ0n) is 14.0. The Labute approximate surface area is 151 Å². The second-order valence-electron chi connectivity index (χ2n) is 6.57. The summed E-state index contributed by atoms with van der Waals surface area (Å²) in [6, 6.07) is 4.97. The first kappa shape index (κ1) is 17.6. The Hall–Kier alpha value is -1.24. The number of halogens is 1. The number of rotatable bonds is 4. The molecule has 5 nitrogen and oxygen atoms in total. The van der Waals surface area contributed by atoms with Gasteiger partial charge in [0.2, 0.25) is 0 Å². The summed E-state index contributed by atoms with van der Waals surface area (Å²) in [6.07, 6.45) is 1.30. The topological polar surface area (TPSA) is 51.1 Å². The van der Waals surface area contributed by atoms with Crippen molar-refractivity contribution in [2.24, 2.45) is 4.99 Å². The number of methoxy groups -OCH3 is 1. The third-order valence-electron chi connectivity index (χ3n) is 4.02. The van der Waals surface area contributed by atoms with Crippen molar-refractivity contribution < 1.29 is 14.3 Å². The Kier molecular flexibility index (Phi) is 5.08. The quantitative estimate of drug-likeness (QED) is 0.814. The second kappa shape index (κ2) is 6.94. The molecule has 2 heterocycles. The van der Waals surface area contributed by atoms with Crippen molar-refractivity contribution in [1.29, 1.82) is 0 Å². The summed E-state index contributed by atoms with van der Waals surface area (Å²) in [5.74, 6) is 0.138. The van der Waals surface area contributed by atoms with E-state index in [9.17, 15) is 4.79 Å². The standard InChI is InChI=1S/C17H21ClN2O3S/c1-17(2)10-20(9-12-6-7-23-12)16(24-17)19-15(21)13-8-11(18)4-5-14(13)22-3/h4-5,8,12H,6-7,9-10H2,1-3H3/b19-16-. The average Bonchev–Trinajstić information content (AvgIpc) is 2.76. The number of ether oxygens (including phenoxy) is 2. The highest BCUT2D eigenvalue weighted by molar-refractivity contribution is 8.15. The van der Waals surface area contributed by atoms with Crippen LogP contribution < -0.4 is 4.74 Å². The Morgan fingerprint density at radius 3 is 2.92 bits per heavy atom. The van der Waals surface area contributed by atoms with E-state index in [1.54, 1.807) is 30.0 Å². The highest BCUT2D eigenvalue weighted by atomic mass is 35.5. The van der Waals surface area contributed by atoms with Crippen LogP contribution in [0.25, 0.3) is 0 Å². The smallest absolute Gasteiger partial charge is 0.283 e. The van der Waals surface area contributed by atoms with Gasteiger partial charge in [0.1, 0.15) is 5.75 Å². The van der Waals surface area contributed by atoms with Gasteiger partial charge in [0.05, 0.1) is 18.8 Å². The Morgan fingerprint density at radius 2 is 2.29 bits per heavy atom. The van der Waals surface area contributed by atoms with Crippen molar-refractivity contribution in [1.82, 2.24) is 4.90 Å². The fraction of sp³-hybridized carbons (Fsp3) is 0.529.